The van der Waals surface area contributed by atoms with E-state index < -0.39 is 24.8 Å². The fraction of sp³-hybridized carbons (Fsp3) is 0.207. The summed E-state index contributed by atoms with van der Waals surface area (Å²) in [5, 5.41) is 18.2. The Morgan fingerprint density at radius 1 is 0.868 bits per heavy atom. The highest BCUT2D eigenvalue weighted by molar-refractivity contribution is 6.53. The third kappa shape index (κ3) is 9.72. The summed E-state index contributed by atoms with van der Waals surface area (Å²) in [4.78, 5) is 29.7. The molecule has 0 fully saturated rings. The molecule has 0 aliphatic heterocycles. The number of halogens is 1. The van der Waals surface area contributed by atoms with Gasteiger partial charge >= 0.3 is 5.97 Å². The summed E-state index contributed by atoms with van der Waals surface area (Å²) in [5.41, 5.74) is 4.20. The quantitative estimate of drug-likeness (QED) is 0.174. The summed E-state index contributed by atoms with van der Waals surface area (Å²) >= 11 is 6.81. The second-order valence-electron chi connectivity index (χ2n) is 7.93. The number of aliphatic hydroxyl groups is 1. The summed E-state index contributed by atoms with van der Waals surface area (Å²) < 4.78 is 13.8. The Morgan fingerprint density at radius 2 is 1.42 bits per heavy atom. The molecule has 0 saturated carbocycles. The largest absolute Gasteiger partial charge is 0.494 e. The number of carboxylic acids is 1. The molecule has 38 heavy (non-hydrogen) atoms. The van der Waals surface area contributed by atoms with Crippen LogP contribution in [0.3, 0.4) is 0 Å². The number of aliphatic carboxylic acids is 1. The molecule has 200 valence electrons. The van der Waals surface area contributed by atoms with E-state index in [-0.39, 0.29) is 12.9 Å². The molecular weight excluding hydrogens is 512 g/mol. The van der Waals surface area contributed by atoms with E-state index in [2.05, 4.69) is 40.7 Å². The van der Waals surface area contributed by atoms with Crippen molar-refractivity contribution in [2.75, 3.05) is 13.2 Å². The minimum Gasteiger partial charge on any atom is -0.494 e. The number of carboxylic acid groups (broad SMARTS) is 1. The zero-order chi connectivity index (χ0) is 27.8. The topological polar surface area (TPSA) is 119 Å². The average Bonchev–Trinajstić information content (AvgIpc) is 2.93. The fourth-order valence-electron chi connectivity index (χ4n) is 3.31. The van der Waals surface area contributed by atoms with Crippen molar-refractivity contribution in [1.29, 1.82) is 0 Å². The van der Waals surface area contributed by atoms with E-state index in [1.807, 2.05) is 60.7 Å². The Hall–Kier alpha value is -4.14. The summed E-state index contributed by atoms with van der Waals surface area (Å²) in [6, 6.07) is 28.5. The molecule has 1 unspecified atom stereocenters. The molecule has 2 N–H and O–H groups in total. The van der Waals surface area contributed by atoms with E-state index in [0.717, 1.165) is 46.1 Å². The van der Waals surface area contributed by atoms with Gasteiger partial charge in [0.1, 0.15) is 12.2 Å². The summed E-state index contributed by atoms with van der Waals surface area (Å²) in [7, 11) is 0. The molecule has 3 aromatic rings. The molecule has 8 nitrogen and oxygen atoms in total. The van der Waals surface area contributed by atoms with Crippen molar-refractivity contribution in [1.82, 2.24) is 0 Å². The van der Waals surface area contributed by atoms with Crippen LogP contribution in [0.4, 0.5) is 0 Å². The van der Waals surface area contributed by atoms with Crippen LogP contribution in [0.2, 0.25) is 0 Å². The molecule has 3 aromatic carbocycles. The van der Waals surface area contributed by atoms with Crippen LogP contribution in [-0.4, -0.2) is 48.1 Å². The second kappa shape index (κ2) is 15.9. The molecule has 0 radical (unpaired) electrons. The van der Waals surface area contributed by atoms with Gasteiger partial charge in [-0.2, -0.15) is 0 Å². The highest BCUT2D eigenvalue weighted by atomic mass is 35.5. The Kier molecular flexibility index (Phi) is 12.6. The average molecular weight is 541 g/mol. The molecule has 3 rings (SSSR count). The molecule has 9 heteroatoms. The lowest BCUT2D eigenvalue weighted by molar-refractivity contribution is -0.220. The van der Waals surface area contributed by atoms with Crippen LogP contribution in [-0.2, 0) is 23.9 Å². The van der Waals surface area contributed by atoms with Crippen molar-refractivity contribution in [2.24, 2.45) is 0 Å². The Labute approximate surface area is 226 Å². The predicted octanol–water partition coefficient (Wildman–Crippen LogP) is 5.13. The van der Waals surface area contributed by atoms with Crippen molar-refractivity contribution in [3.05, 3.63) is 102 Å². The Morgan fingerprint density at radius 3 is 1.92 bits per heavy atom. The van der Waals surface area contributed by atoms with Crippen LogP contribution in [0, 0.1) is 0 Å². The third-order valence-corrected chi connectivity index (χ3v) is 5.40. The summed E-state index contributed by atoms with van der Waals surface area (Å²) in [5.74, 6) is -2.80. The van der Waals surface area contributed by atoms with E-state index >= 15 is 0 Å². The molecule has 0 aliphatic rings. The third-order valence-electron chi connectivity index (χ3n) is 5.00. The number of carbonyl (C=O) groups excluding carboxylic acids is 2. The van der Waals surface area contributed by atoms with Crippen molar-refractivity contribution >= 4 is 41.1 Å². The number of rotatable bonds is 13. The number of hydrogen-bond acceptors (Lipinski definition) is 7. The molecule has 0 aliphatic carbocycles. The highest BCUT2D eigenvalue weighted by Crippen LogP contribution is 2.35. The lowest BCUT2D eigenvalue weighted by Gasteiger charge is -2.22. The number of carbonyl (C=O) groups is 3. The molecule has 0 heterocycles. The SMILES string of the molecule is CCCOc1ccc(/C(=C(/Cl)c2ccccc2)c2ccccc2)cc1.O=COCC(O)(CC(=O)O)OC=O. The van der Waals surface area contributed by atoms with Gasteiger partial charge in [0, 0.05) is 5.57 Å². The van der Waals surface area contributed by atoms with Gasteiger partial charge < -0.3 is 24.4 Å². The van der Waals surface area contributed by atoms with Gasteiger partial charge in [0.2, 0.25) is 0 Å². The molecular formula is C29H29ClO8. The van der Waals surface area contributed by atoms with E-state index in [0.29, 0.717) is 0 Å². The molecule has 0 saturated heterocycles. The maximum Gasteiger partial charge on any atom is 0.310 e. The van der Waals surface area contributed by atoms with E-state index in [1.54, 1.807) is 0 Å². The maximum atomic E-state index is 10.2. The minimum absolute atomic E-state index is 0.000976. The van der Waals surface area contributed by atoms with E-state index in [9.17, 15) is 19.5 Å². The van der Waals surface area contributed by atoms with Gasteiger partial charge in [-0.15, -0.1) is 0 Å². The normalized spacial score (nSPS) is 12.5. The first kappa shape index (κ1) is 30.1. The van der Waals surface area contributed by atoms with Crippen molar-refractivity contribution < 1.29 is 38.8 Å². The number of ether oxygens (including phenoxy) is 3. The lowest BCUT2D eigenvalue weighted by atomic mass is 9.95. The van der Waals surface area contributed by atoms with E-state index in [4.69, 9.17) is 21.4 Å². The predicted molar refractivity (Wildman–Crippen MR) is 143 cm³/mol. The van der Waals surface area contributed by atoms with Gasteiger partial charge in [-0.1, -0.05) is 91.3 Å². The number of benzene rings is 3. The summed E-state index contributed by atoms with van der Waals surface area (Å²) in [6.45, 7) is 1.98. The highest BCUT2D eigenvalue weighted by Gasteiger charge is 2.33. The lowest BCUT2D eigenvalue weighted by Crippen LogP contribution is -2.39. The molecule has 0 amide bonds. The standard InChI is InChI=1S/C23H21ClO.C6H8O7/c1-2-17-25-21-15-13-19(14-16-21)22(18-9-5-3-6-10-18)23(24)20-11-7-4-8-12-20;7-3-12-2-6(11,13-4-8)1-5(9)10/h3-16H,2,17H2,1H3;3-4,11H,1-2H2,(H,9,10)/b23-22+;. The van der Waals surface area contributed by atoms with Gasteiger partial charge in [0.15, 0.2) is 6.61 Å². The summed E-state index contributed by atoms with van der Waals surface area (Å²) in [6.07, 6.45) is 0.135. The fourth-order valence-corrected chi connectivity index (χ4v) is 3.65. The Balaban J connectivity index is 0.000000332. The molecule has 0 aromatic heterocycles. The van der Waals surface area contributed by atoms with Crippen LogP contribution < -0.4 is 4.74 Å². The Bertz CT molecular complexity index is 1180. The van der Waals surface area contributed by atoms with Gasteiger partial charge in [-0.05, 0) is 35.2 Å². The monoisotopic (exact) mass is 540 g/mol. The van der Waals surface area contributed by atoms with Gasteiger partial charge in [-0.3, -0.25) is 14.4 Å². The van der Waals surface area contributed by atoms with Crippen LogP contribution in [0.5, 0.6) is 5.75 Å². The second-order valence-corrected chi connectivity index (χ2v) is 8.31. The van der Waals surface area contributed by atoms with Crippen molar-refractivity contribution in [3.8, 4) is 5.75 Å². The minimum atomic E-state index is -2.30. The molecule has 1 atom stereocenters. The van der Waals surface area contributed by atoms with Crippen molar-refractivity contribution in [3.63, 3.8) is 0 Å². The molecule has 0 spiro atoms. The van der Waals surface area contributed by atoms with Crippen LogP contribution in [0.15, 0.2) is 84.9 Å². The maximum absolute atomic E-state index is 10.2. The van der Waals surface area contributed by atoms with Gasteiger partial charge in [0.05, 0.1) is 11.6 Å². The first-order valence-electron chi connectivity index (χ1n) is 11.7. The number of hydrogen-bond donors (Lipinski definition) is 2. The van der Waals surface area contributed by atoms with Gasteiger partial charge in [-0.25, -0.2) is 0 Å². The van der Waals surface area contributed by atoms with Gasteiger partial charge in [0.25, 0.3) is 18.7 Å². The molecule has 0 bridgehead atoms. The first-order chi connectivity index (χ1) is 18.3. The van der Waals surface area contributed by atoms with E-state index in [1.165, 1.54) is 0 Å². The van der Waals surface area contributed by atoms with Crippen molar-refractivity contribution in [2.45, 2.75) is 25.6 Å². The van der Waals surface area contributed by atoms with Crippen LogP contribution in [0.25, 0.3) is 10.6 Å². The van der Waals surface area contributed by atoms with Crippen LogP contribution >= 0.6 is 11.6 Å². The zero-order valence-corrected chi connectivity index (χ0v) is 21.5. The van der Waals surface area contributed by atoms with Crippen LogP contribution in [0.1, 0.15) is 36.5 Å². The zero-order valence-electron chi connectivity index (χ0n) is 20.8. The first-order valence-corrected chi connectivity index (χ1v) is 12.1. The smallest absolute Gasteiger partial charge is 0.310 e.